The van der Waals surface area contributed by atoms with E-state index in [2.05, 4.69) is 25.2 Å². The van der Waals surface area contributed by atoms with Crippen LogP contribution in [-0.2, 0) is 0 Å². The third-order valence-corrected chi connectivity index (χ3v) is 6.49. The normalized spacial score (nSPS) is 15.8. The van der Waals surface area contributed by atoms with E-state index in [-0.39, 0.29) is 16.8 Å². The van der Waals surface area contributed by atoms with Gasteiger partial charge >= 0.3 is 0 Å². The monoisotopic (exact) mass is 506 g/mol. The molecule has 1 aromatic carbocycles. The van der Waals surface area contributed by atoms with Gasteiger partial charge in [-0.1, -0.05) is 11.6 Å². The number of carbonyl (C=O) groups is 1. The average molecular weight is 507 g/mol. The summed E-state index contributed by atoms with van der Waals surface area (Å²) in [6.07, 6.45) is 5.24. The fourth-order valence-corrected chi connectivity index (χ4v) is 4.55. The first-order chi connectivity index (χ1) is 17.3. The lowest BCUT2D eigenvalue weighted by molar-refractivity contribution is 0.101. The summed E-state index contributed by atoms with van der Waals surface area (Å²) in [6.45, 7) is 3.12. The van der Waals surface area contributed by atoms with Crippen molar-refractivity contribution in [2.45, 2.75) is 25.8 Å². The van der Waals surface area contributed by atoms with Crippen molar-refractivity contribution in [2.24, 2.45) is 5.73 Å². The fourth-order valence-electron chi connectivity index (χ4n) is 4.34. The van der Waals surface area contributed by atoms with E-state index in [4.69, 9.17) is 17.3 Å². The first-order valence-electron chi connectivity index (χ1n) is 11.5. The van der Waals surface area contributed by atoms with Crippen molar-refractivity contribution in [2.75, 3.05) is 23.3 Å². The fraction of sp³-hybridized carbons (Fsp3) is 0.231. The molecule has 1 aliphatic rings. The highest BCUT2D eigenvalue weighted by Crippen LogP contribution is 2.34. The number of rotatable bonds is 5. The van der Waals surface area contributed by atoms with Crippen LogP contribution in [0.3, 0.4) is 0 Å². The van der Waals surface area contributed by atoms with Gasteiger partial charge in [-0.15, -0.1) is 0 Å². The molecule has 1 saturated heterocycles. The van der Waals surface area contributed by atoms with Crippen LogP contribution in [0.4, 0.5) is 21.6 Å². The number of anilines is 3. The van der Waals surface area contributed by atoms with Crippen LogP contribution in [0.2, 0.25) is 5.02 Å². The minimum Gasteiger partial charge on any atom is -0.504 e. The van der Waals surface area contributed by atoms with Crippen LogP contribution in [0.5, 0.6) is 5.75 Å². The molecule has 4 N–H and O–H groups in total. The Morgan fingerprint density at radius 2 is 2.06 bits per heavy atom. The highest BCUT2D eigenvalue weighted by Gasteiger charge is 2.19. The van der Waals surface area contributed by atoms with Gasteiger partial charge in [0.25, 0.3) is 0 Å². The summed E-state index contributed by atoms with van der Waals surface area (Å²) >= 11 is 5.96. The molecule has 0 amide bonds. The van der Waals surface area contributed by atoms with E-state index in [0.717, 1.165) is 37.8 Å². The standard InChI is InChI=1S/C26H24ClFN6O2/c1-14(35)18-12-30-22-6-5-21(15-9-19(27)26(36)20(28)10-15)33-25(22)24(18)32-17-4-7-23(31-11-17)34-8-2-3-16(29)13-34/h4-7,9-12,16,36H,2-3,8,13,29H2,1H3,(H,30,32)/t16-/m1/s1. The Kier molecular flexibility index (Phi) is 6.42. The quantitative estimate of drug-likeness (QED) is 0.321. The van der Waals surface area contributed by atoms with Gasteiger partial charge in [-0.05, 0) is 56.2 Å². The van der Waals surface area contributed by atoms with E-state index >= 15 is 0 Å². The number of benzene rings is 1. The SMILES string of the molecule is CC(=O)c1cnc2ccc(-c3cc(F)c(O)c(Cl)c3)nc2c1Nc1ccc(N2CCC[C@@H](N)C2)nc1. The molecule has 0 saturated carbocycles. The molecule has 0 spiro atoms. The zero-order valence-corrected chi connectivity index (χ0v) is 20.3. The molecule has 184 valence electrons. The molecule has 5 rings (SSSR count). The highest BCUT2D eigenvalue weighted by atomic mass is 35.5. The van der Waals surface area contributed by atoms with Gasteiger partial charge in [-0.2, -0.15) is 0 Å². The predicted octanol–water partition coefficient (Wildman–Crippen LogP) is 5.06. The van der Waals surface area contributed by atoms with Crippen molar-refractivity contribution in [3.05, 3.63) is 65.2 Å². The van der Waals surface area contributed by atoms with Gasteiger partial charge < -0.3 is 21.1 Å². The second-order valence-corrected chi connectivity index (χ2v) is 9.24. The van der Waals surface area contributed by atoms with Gasteiger partial charge in [-0.25, -0.2) is 14.4 Å². The smallest absolute Gasteiger partial charge is 0.170 e. The number of fused-ring (bicyclic) bond motifs is 1. The molecular formula is C26H24ClFN6O2. The van der Waals surface area contributed by atoms with E-state index in [9.17, 15) is 14.3 Å². The van der Waals surface area contributed by atoms with Crippen molar-refractivity contribution < 1.29 is 14.3 Å². The van der Waals surface area contributed by atoms with Crippen LogP contribution in [0.1, 0.15) is 30.1 Å². The number of nitrogens with zero attached hydrogens (tertiary/aromatic N) is 4. The molecule has 4 heterocycles. The van der Waals surface area contributed by atoms with Crippen LogP contribution in [0.25, 0.3) is 22.3 Å². The number of aromatic nitrogens is 3. The van der Waals surface area contributed by atoms with E-state index in [1.807, 2.05) is 12.1 Å². The Hall–Kier alpha value is -3.82. The average Bonchev–Trinajstić information content (AvgIpc) is 2.87. The Bertz CT molecular complexity index is 1440. The summed E-state index contributed by atoms with van der Waals surface area (Å²) in [6, 6.07) is 9.92. The lowest BCUT2D eigenvalue weighted by Gasteiger charge is -2.31. The molecule has 0 radical (unpaired) electrons. The van der Waals surface area contributed by atoms with E-state index < -0.39 is 11.6 Å². The summed E-state index contributed by atoms with van der Waals surface area (Å²) in [5, 5.41) is 12.8. The number of aromatic hydroxyl groups is 1. The molecule has 1 aliphatic heterocycles. The largest absolute Gasteiger partial charge is 0.504 e. The summed E-state index contributed by atoms with van der Waals surface area (Å²) in [5.74, 6) is -0.820. The van der Waals surface area contributed by atoms with Gasteiger partial charge in [-0.3, -0.25) is 9.78 Å². The maximum atomic E-state index is 14.1. The minimum atomic E-state index is -0.853. The van der Waals surface area contributed by atoms with Crippen molar-refractivity contribution in [1.29, 1.82) is 0 Å². The lowest BCUT2D eigenvalue weighted by atomic mass is 10.1. The summed E-state index contributed by atoms with van der Waals surface area (Å²) in [5.41, 5.74) is 9.35. The second kappa shape index (κ2) is 9.67. The number of carbonyl (C=O) groups excluding carboxylic acids is 1. The summed E-state index contributed by atoms with van der Waals surface area (Å²) in [7, 11) is 0. The number of hydrogen-bond acceptors (Lipinski definition) is 8. The van der Waals surface area contributed by atoms with Crippen molar-refractivity contribution in [3.63, 3.8) is 0 Å². The number of phenolic OH excluding ortho intramolecular Hbond substituents is 1. The number of piperidine rings is 1. The van der Waals surface area contributed by atoms with E-state index in [1.165, 1.54) is 19.2 Å². The van der Waals surface area contributed by atoms with Crippen molar-refractivity contribution >= 4 is 45.6 Å². The Morgan fingerprint density at radius 3 is 2.75 bits per heavy atom. The molecule has 10 heteroatoms. The molecular weight excluding hydrogens is 483 g/mol. The first kappa shape index (κ1) is 23.9. The van der Waals surface area contributed by atoms with Crippen LogP contribution in [0.15, 0.2) is 48.8 Å². The Morgan fingerprint density at radius 1 is 1.22 bits per heavy atom. The molecule has 8 nitrogen and oxygen atoms in total. The molecule has 0 bridgehead atoms. The molecule has 1 fully saturated rings. The number of halogens is 2. The number of pyridine rings is 3. The third kappa shape index (κ3) is 4.67. The molecule has 0 aliphatic carbocycles. The van der Waals surface area contributed by atoms with Gasteiger partial charge in [0.05, 0.1) is 39.4 Å². The Balaban J connectivity index is 1.54. The Labute approximate surface area is 212 Å². The molecule has 3 aromatic heterocycles. The van der Waals surface area contributed by atoms with Crippen molar-refractivity contribution in [1.82, 2.24) is 15.0 Å². The summed E-state index contributed by atoms with van der Waals surface area (Å²) in [4.78, 5) is 28.2. The molecule has 36 heavy (non-hydrogen) atoms. The van der Waals surface area contributed by atoms with Crippen LogP contribution < -0.4 is 16.0 Å². The molecule has 1 atom stereocenters. The predicted molar refractivity (Wildman–Crippen MR) is 139 cm³/mol. The van der Waals surface area contributed by atoms with Crippen molar-refractivity contribution in [3.8, 4) is 17.0 Å². The summed E-state index contributed by atoms with van der Waals surface area (Å²) < 4.78 is 14.1. The van der Waals surface area contributed by atoms with E-state index in [0.29, 0.717) is 39.2 Å². The number of ketones is 1. The zero-order valence-electron chi connectivity index (χ0n) is 19.5. The minimum absolute atomic E-state index is 0.123. The molecule has 0 unspecified atom stereocenters. The van der Waals surface area contributed by atoms with Crippen LogP contribution >= 0.6 is 11.6 Å². The highest BCUT2D eigenvalue weighted by molar-refractivity contribution is 6.32. The van der Waals surface area contributed by atoms with Crippen LogP contribution in [-0.4, -0.2) is 45.0 Å². The van der Waals surface area contributed by atoms with E-state index in [1.54, 1.807) is 18.3 Å². The number of nitrogens with one attached hydrogen (secondary N) is 1. The van der Waals surface area contributed by atoms with Crippen LogP contribution in [0, 0.1) is 5.82 Å². The number of Topliss-reactive ketones (excluding diaryl/α,β-unsaturated/α-hetero) is 1. The van der Waals surface area contributed by atoms with Gasteiger partial charge in [0, 0.05) is 30.9 Å². The lowest BCUT2D eigenvalue weighted by Crippen LogP contribution is -2.43. The third-order valence-electron chi connectivity index (χ3n) is 6.20. The zero-order chi connectivity index (χ0) is 25.4. The van der Waals surface area contributed by atoms with Gasteiger partial charge in [0.1, 0.15) is 11.3 Å². The number of phenols is 1. The molecule has 4 aromatic rings. The number of hydrogen-bond donors (Lipinski definition) is 3. The second-order valence-electron chi connectivity index (χ2n) is 8.83. The topological polar surface area (TPSA) is 117 Å². The first-order valence-corrected chi connectivity index (χ1v) is 11.9. The van der Waals surface area contributed by atoms with Gasteiger partial charge in [0.15, 0.2) is 17.3 Å². The maximum Gasteiger partial charge on any atom is 0.170 e. The number of nitrogens with two attached hydrogens (primary N) is 1. The maximum absolute atomic E-state index is 14.1. The van der Waals surface area contributed by atoms with Gasteiger partial charge in [0.2, 0.25) is 0 Å².